The quantitative estimate of drug-likeness (QED) is 0.891. The van der Waals surface area contributed by atoms with Gasteiger partial charge in [0.15, 0.2) is 0 Å². The first-order valence-corrected chi connectivity index (χ1v) is 6.44. The van der Waals surface area contributed by atoms with Crippen LogP contribution in [0.25, 0.3) is 0 Å². The highest BCUT2D eigenvalue weighted by Gasteiger charge is 2.30. The van der Waals surface area contributed by atoms with Gasteiger partial charge < -0.3 is 10.6 Å². The molecule has 1 atom stereocenters. The predicted molar refractivity (Wildman–Crippen MR) is 73.6 cm³/mol. The third kappa shape index (κ3) is 2.34. The summed E-state index contributed by atoms with van der Waals surface area (Å²) in [5.41, 5.74) is 7.86. The fraction of sp³-hybridized carbons (Fsp3) is 0.500. The van der Waals surface area contributed by atoms with Crippen molar-refractivity contribution in [3.05, 3.63) is 29.8 Å². The zero-order chi connectivity index (χ0) is 13.3. The highest BCUT2D eigenvalue weighted by molar-refractivity contribution is 5.94. The van der Waals surface area contributed by atoms with Gasteiger partial charge in [-0.15, -0.1) is 0 Å². The third-order valence-corrected chi connectivity index (χ3v) is 3.40. The van der Waals surface area contributed by atoms with Gasteiger partial charge in [0.1, 0.15) is 0 Å². The SMILES string of the molecule is CC(N)c1ccc(N2CCN(C(C)C)C2=O)cc1. The molecule has 2 N–H and O–H groups in total. The van der Waals surface area contributed by atoms with Crippen LogP contribution in [0, 0.1) is 0 Å². The van der Waals surface area contributed by atoms with E-state index in [0.717, 1.165) is 24.3 Å². The van der Waals surface area contributed by atoms with Gasteiger partial charge in [0, 0.05) is 30.9 Å². The number of anilines is 1. The Morgan fingerprint density at radius 3 is 2.17 bits per heavy atom. The summed E-state index contributed by atoms with van der Waals surface area (Å²) >= 11 is 0. The second-order valence-corrected chi connectivity index (χ2v) is 5.10. The van der Waals surface area contributed by atoms with Gasteiger partial charge in [-0.2, -0.15) is 0 Å². The van der Waals surface area contributed by atoms with Crippen LogP contribution in [0.4, 0.5) is 10.5 Å². The molecule has 0 aliphatic carbocycles. The Hall–Kier alpha value is -1.55. The minimum Gasteiger partial charge on any atom is -0.324 e. The molecule has 98 valence electrons. The molecule has 1 aromatic carbocycles. The van der Waals surface area contributed by atoms with E-state index < -0.39 is 0 Å². The highest BCUT2D eigenvalue weighted by atomic mass is 16.2. The van der Waals surface area contributed by atoms with Crippen molar-refractivity contribution >= 4 is 11.7 Å². The molecule has 1 saturated heterocycles. The summed E-state index contributed by atoms with van der Waals surface area (Å²) in [7, 11) is 0. The van der Waals surface area contributed by atoms with E-state index in [1.54, 1.807) is 0 Å². The van der Waals surface area contributed by atoms with Gasteiger partial charge in [-0.3, -0.25) is 4.90 Å². The average molecular weight is 247 g/mol. The molecule has 1 unspecified atom stereocenters. The number of hydrogen-bond donors (Lipinski definition) is 1. The Kier molecular flexibility index (Phi) is 3.57. The van der Waals surface area contributed by atoms with Crippen LogP contribution in [0.5, 0.6) is 0 Å². The molecule has 0 saturated carbocycles. The number of carbonyl (C=O) groups is 1. The first-order valence-electron chi connectivity index (χ1n) is 6.44. The number of rotatable bonds is 3. The number of urea groups is 1. The molecule has 0 bridgehead atoms. The first kappa shape index (κ1) is 12.9. The molecule has 0 aromatic heterocycles. The van der Waals surface area contributed by atoms with Crippen LogP contribution in [0.1, 0.15) is 32.4 Å². The van der Waals surface area contributed by atoms with Crippen LogP contribution in [0.3, 0.4) is 0 Å². The Labute approximate surface area is 108 Å². The fourth-order valence-electron chi connectivity index (χ4n) is 2.23. The van der Waals surface area contributed by atoms with Crippen LogP contribution in [0.15, 0.2) is 24.3 Å². The molecule has 1 fully saturated rings. The number of benzene rings is 1. The molecular formula is C14H21N3O. The van der Waals surface area contributed by atoms with E-state index in [-0.39, 0.29) is 18.1 Å². The van der Waals surface area contributed by atoms with E-state index in [2.05, 4.69) is 0 Å². The summed E-state index contributed by atoms with van der Waals surface area (Å²) in [4.78, 5) is 15.9. The predicted octanol–water partition coefficient (Wildman–Crippen LogP) is 2.36. The normalized spacial score (nSPS) is 17.7. The molecule has 1 aliphatic heterocycles. The van der Waals surface area contributed by atoms with Crippen molar-refractivity contribution in [1.82, 2.24) is 4.90 Å². The number of amides is 2. The number of hydrogen-bond acceptors (Lipinski definition) is 2. The van der Waals surface area contributed by atoms with Gasteiger partial charge in [0.05, 0.1) is 0 Å². The van der Waals surface area contributed by atoms with E-state index >= 15 is 0 Å². The van der Waals surface area contributed by atoms with Gasteiger partial charge >= 0.3 is 6.03 Å². The van der Waals surface area contributed by atoms with Crippen molar-refractivity contribution in [2.75, 3.05) is 18.0 Å². The lowest BCUT2D eigenvalue weighted by Gasteiger charge is -2.22. The third-order valence-electron chi connectivity index (χ3n) is 3.40. The van der Waals surface area contributed by atoms with Crippen LogP contribution in [0.2, 0.25) is 0 Å². The lowest BCUT2D eigenvalue weighted by atomic mass is 10.1. The summed E-state index contributed by atoms with van der Waals surface area (Å²) in [6, 6.07) is 8.31. The van der Waals surface area contributed by atoms with Gasteiger partial charge in [0.2, 0.25) is 0 Å². The summed E-state index contributed by atoms with van der Waals surface area (Å²) in [6.45, 7) is 7.60. The smallest absolute Gasteiger partial charge is 0.324 e. The first-order chi connectivity index (χ1) is 8.50. The van der Waals surface area contributed by atoms with Crippen LogP contribution >= 0.6 is 0 Å². The Morgan fingerprint density at radius 2 is 1.72 bits per heavy atom. The molecular weight excluding hydrogens is 226 g/mol. The molecule has 0 spiro atoms. The lowest BCUT2D eigenvalue weighted by Crippen LogP contribution is -2.36. The van der Waals surface area contributed by atoms with Crippen LogP contribution < -0.4 is 10.6 Å². The second-order valence-electron chi connectivity index (χ2n) is 5.10. The zero-order valence-corrected chi connectivity index (χ0v) is 11.3. The van der Waals surface area contributed by atoms with E-state index in [1.807, 2.05) is 54.8 Å². The molecule has 1 aliphatic rings. The summed E-state index contributed by atoms with van der Waals surface area (Å²) < 4.78 is 0. The molecule has 4 heteroatoms. The van der Waals surface area contributed by atoms with Crippen molar-refractivity contribution in [2.24, 2.45) is 5.73 Å². The maximum Gasteiger partial charge on any atom is 0.324 e. The Morgan fingerprint density at radius 1 is 1.11 bits per heavy atom. The van der Waals surface area contributed by atoms with Gasteiger partial charge in [0.25, 0.3) is 0 Å². The molecule has 18 heavy (non-hydrogen) atoms. The summed E-state index contributed by atoms with van der Waals surface area (Å²) in [6.07, 6.45) is 0. The average Bonchev–Trinajstić information content (AvgIpc) is 2.71. The minimum atomic E-state index is 0.0282. The largest absolute Gasteiger partial charge is 0.324 e. The van der Waals surface area contributed by atoms with E-state index in [0.29, 0.717) is 0 Å². The molecule has 1 aromatic rings. The van der Waals surface area contributed by atoms with Crippen molar-refractivity contribution in [3.63, 3.8) is 0 Å². The minimum absolute atomic E-state index is 0.0282. The molecule has 4 nitrogen and oxygen atoms in total. The maximum absolute atomic E-state index is 12.2. The van der Waals surface area contributed by atoms with Crippen molar-refractivity contribution in [1.29, 1.82) is 0 Å². The standard InChI is InChI=1S/C14H21N3O/c1-10(2)16-8-9-17(14(16)18)13-6-4-12(5-7-13)11(3)15/h4-7,10-11H,8-9,15H2,1-3H3. The molecule has 0 radical (unpaired) electrons. The molecule has 1 heterocycles. The Balaban J connectivity index is 2.16. The fourth-order valence-corrected chi connectivity index (χ4v) is 2.23. The number of carbonyl (C=O) groups excluding carboxylic acids is 1. The lowest BCUT2D eigenvalue weighted by molar-refractivity contribution is 0.209. The molecule has 2 rings (SSSR count). The second kappa shape index (κ2) is 4.98. The maximum atomic E-state index is 12.2. The van der Waals surface area contributed by atoms with E-state index in [4.69, 9.17) is 5.73 Å². The summed E-state index contributed by atoms with van der Waals surface area (Å²) in [5, 5.41) is 0. The topological polar surface area (TPSA) is 49.6 Å². The van der Waals surface area contributed by atoms with E-state index in [1.165, 1.54) is 0 Å². The van der Waals surface area contributed by atoms with Crippen LogP contribution in [-0.4, -0.2) is 30.1 Å². The summed E-state index contributed by atoms with van der Waals surface area (Å²) in [5.74, 6) is 0. The zero-order valence-electron chi connectivity index (χ0n) is 11.3. The van der Waals surface area contributed by atoms with E-state index in [9.17, 15) is 4.79 Å². The van der Waals surface area contributed by atoms with Gasteiger partial charge in [-0.1, -0.05) is 12.1 Å². The monoisotopic (exact) mass is 247 g/mol. The van der Waals surface area contributed by atoms with Gasteiger partial charge in [-0.05, 0) is 38.5 Å². The molecule has 2 amide bonds. The van der Waals surface area contributed by atoms with Crippen LogP contribution in [-0.2, 0) is 0 Å². The van der Waals surface area contributed by atoms with Crippen molar-refractivity contribution < 1.29 is 4.79 Å². The highest BCUT2D eigenvalue weighted by Crippen LogP contribution is 2.23. The van der Waals surface area contributed by atoms with Gasteiger partial charge in [-0.25, -0.2) is 4.79 Å². The Bertz CT molecular complexity index is 425. The van der Waals surface area contributed by atoms with Crippen molar-refractivity contribution in [2.45, 2.75) is 32.9 Å². The number of nitrogens with zero attached hydrogens (tertiary/aromatic N) is 2. The number of nitrogens with two attached hydrogens (primary N) is 1. The van der Waals surface area contributed by atoms with Crippen molar-refractivity contribution in [3.8, 4) is 0 Å².